The topological polar surface area (TPSA) is 71.1 Å². The standard InChI is InChI=1S/C24H28O6/c1-3-23(25)29-17-5-15-27-21-11-7-19(8-12-21)20-9-13-22(14-10-20)28-16-6-18-30-24(26)4-2/h3,7-14H,1,4-6,15-18H2,2H3. The number of benzene rings is 2. The van der Waals surface area contributed by atoms with Gasteiger partial charge in [-0.25, -0.2) is 4.79 Å². The highest BCUT2D eigenvalue weighted by Crippen LogP contribution is 2.24. The molecule has 0 radical (unpaired) electrons. The van der Waals surface area contributed by atoms with Gasteiger partial charge in [0, 0.05) is 25.3 Å². The summed E-state index contributed by atoms with van der Waals surface area (Å²) < 4.78 is 21.2. The normalized spacial score (nSPS) is 10.2. The Kier molecular flexibility index (Phi) is 10.00. The van der Waals surface area contributed by atoms with Crippen molar-refractivity contribution in [3.8, 4) is 22.6 Å². The van der Waals surface area contributed by atoms with Crippen LogP contribution in [0.1, 0.15) is 26.2 Å². The van der Waals surface area contributed by atoms with E-state index in [0.717, 1.165) is 28.7 Å². The smallest absolute Gasteiger partial charge is 0.330 e. The molecule has 6 heteroatoms. The van der Waals surface area contributed by atoms with Crippen LogP contribution in [0.5, 0.6) is 11.5 Å². The van der Waals surface area contributed by atoms with E-state index in [9.17, 15) is 9.59 Å². The van der Waals surface area contributed by atoms with Crippen molar-refractivity contribution in [2.45, 2.75) is 26.2 Å². The lowest BCUT2D eigenvalue weighted by molar-refractivity contribution is -0.143. The highest BCUT2D eigenvalue weighted by Gasteiger charge is 2.02. The maximum atomic E-state index is 11.1. The van der Waals surface area contributed by atoms with Crippen LogP contribution in [0.4, 0.5) is 0 Å². The van der Waals surface area contributed by atoms with E-state index in [2.05, 4.69) is 6.58 Å². The zero-order valence-electron chi connectivity index (χ0n) is 17.3. The van der Waals surface area contributed by atoms with Crippen LogP contribution >= 0.6 is 0 Å². The Morgan fingerprint density at radius 2 is 1.23 bits per heavy atom. The van der Waals surface area contributed by atoms with Crippen LogP contribution in [-0.4, -0.2) is 38.4 Å². The molecule has 0 aliphatic heterocycles. The highest BCUT2D eigenvalue weighted by atomic mass is 16.5. The first-order valence-electron chi connectivity index (χ1n) is 10.0. The predicted octanol–water partition coefficient (Wildman–Crippen LogP) is 4.57. The summed E-state index contributed by atoms with van der Waals surface area (Å²) in [5.74, 6) is 0.924. The molecule has 2 aromatic rings. The maximum Gasteiger partial charge on any atom is 0.330 e. The van der Waals surface area contributed by atoms with Crippen molar-refractivity contribution >= 4 is 11.9 Å². The van der Waals surface area contributed by atoms with Crippen molar-refractivity contribution in [1.82, 2.24) is 0 Å². The molecule has 0 bridgehead atoms. The summed E-state index contributed by atoms with van der Waals surface area (Å²) in [7, 11) is 0. The summed E-state index contributed by atoms with van der Waals surface area (Å²) in [6, 6.07) is 15.6. The number of hydrogen-bond donors (Lipinski definition) is 0. The van der Waals surface area contributed by atoms with Gasteiger partial charge in [-0.2, -0.15) is 0 Å². The van der Waals surface area contributed by atoms with Gasteiger partial charge in [-0.15, -0.1) is 0 Å². The zero-order chi connectivity index (χ0) is 21.6. The molecule has 0 aliphatic carbocycles. The first-order valence-corrected chi connectivity index (χ1v) is 10.0. The number of carbonyl (C=O) groups excluding carboxylic acids is 2. The van der Waals surface area contributed by atoms with Gasteiger partial charge in [-0.1, -0.05) is 37.8 Å². The van der Waals surface area contributed by atoms with Gasteiger partial charge >= 0.3 is 11.9 Å². The average Bonchev–Trinajstić information content (AvgIpc) is 2.79. The van der Waals surface area contributed by atoms with Crippen LogP contribution < -0.4 is 9.47 Å². The van der Waals surface area contributed by atoms with E-state index < -0.39 is 5.97 Å². The first kappa shape index (κ1) is 23.0. The molecule has 6 nitrogen and oxygen atoms in total. The molecular formula is C24H28O6. The number of rotatable bonds is 13. The Bertz CT molecular complexity index is 795. The molecule has 0 fully saturated rings. The third-order valence-electron chi connectivity index (χ3n) is 4.12. The fraction of sp³-hybridized carbons (Fsp3) is 0.333. The molecule has 160 valence electrons. The van der Waals surface area contributed by atoms with E-state index in [1.165, 1.54) is 0 Å². The van der Waals surface area contributed by atoms with Crippen LogP contribution in [0, 0.1) is 0 Å². The van der Waals surface area contributed by atoms with Gasteiger partial charge in [0.25, 0.3) is 0 Å². The Morgan fingerprint density at radius 1 is 0.767 bits per heavy atom. The molecule has 0 unspecified atom stereocenters. The van der Waals surface area contributed by atoms with Crippen molar-refractivity contribution < 1.29 is 28.5 Å². The summed E-state index contributed by atoms with van der Waals surface area (Å²) in [5, 5.41) is 0. The van der Waals surface area contributed by atoms with Gasteiger partial charge < -0.3 is 18.9 Å². The van der Waals surface area contributed by atoms with E-state index in [4.69, 9.17) is 18.9 Å². The number of esters is 2. The van der Waals surface area contributed by atoms with E-state index >= 15 is 0 Å². The van der Waals surface area contributed by atoms with Crippen molar-refractivity contribution in [3.05, 3.63) is 61.2 Å². The minimum absolute atomic E-state index is 0.190. The van der Waals surface area contributed by atoms with Crippen LogP contribution in [0.3, 0.4) is 0 Å². The lowest BCUT2D eigenvalue weighted by Crippen LogP contribution is -2.07. The molecule has 0 aromatic heterocycles. The highest BCUT2D eigenvalue weighted by molar-refractivity contribution is 5.81. The minimum Gasteiger partial charge on any atom is -0.493 e. The van der Waals surface area contributed by atoms with Gasteiger partial charge in [0.2, 0.25) is 0 Å². The van der Waals surface area contributed by atoms with Crippen LogP contribution in [0.15, 0.2) is 61.2 Å². The minimum atomic E-state index is -0.423. The van der Waals surface area contributed by atoms with E-state index in [0.29, 0.717) is 45.7 Å². The van der Waals surface area contributed by atoms with E-state index in [1.54, 1.807) is 6.92 Å². The molecule has 0 spiro atoms. The van der Waals surface area contributed by atoms with Gasteiger partial charge in [0.15, 0.2) is 0 Å². The molecule has 0 N–H and O–H groups in total. The van der Waals surface area contributed by atoms with Crippen molar-refractivity contribution in [2.75, 3.05) is 26.4 Å². The molecule has 0 saturated carbocycles. The average molecular weight is 412 g/mol. The number of carbonyl (C=O) groups is 2. The van der Waals surface area contributed by atoms with Gasteiger partial charge in [0.1, 0.15) is 11.5 Å². The predicted molar refractivity (Wildman–Crippen MR) is 115 cm³/mol. The third-order valence-corrected chi connectivity index (χ3v) is 4.12. The molecule has 2 rings (SSSR count). The monoisotopic (exact) mass is 412 g/mol. The van der Waals surface area contributed by atoms with Crippen LogP contribution in [0.2, 0.25) is 0 Å². The lowest BCUT2D eigenvalue weighted by atomic mass is 10.1. The fourth-order valence-electron chi connectivity index (χ4n) is 2.50. The molecule has 0 heterocycles. The molecule has 2 aromatic carbocycles. The molecule has 30 heavy (non-hydrogen) atoms. The largest absolute Gasteiger partial charge is 0.493 e. The summed E-state index contributed by atoms with van der Waals surface area (Å²) in [6.07, 6.45) is 2.81. The fourth-order valence-corrected chi connectivity index (χ4v) is 2.50. The van der Waals surface area contributed by atoms with Crippen LogP contribution in [0.25, 0.3) is 11.1 Å². The Labute approximate surface area is 177 Å². The van der Waals surface area contributed by atoms with Gasteiger partial charge in [-0.05, 0) is 35.4 Å². The second-order valence-corrected chi connectivity index (χ2v) is 6.40. The summed E-state index contributed by atoms with van der Waals surface area (Å²) in [4.78, 5) is 22.0. The molecule has 0 saturated heterocycles. The van der Waals surface area contributed by atoms with E-state index in [1.807, 2.05) is 48.5 Å². The molecule has 0 atom stereocenters. The molecular weight excluding hydrogens is 384 g/mol. The Morgan fingerprint density at radius 3 is 1.67 bits per heavy atom. The lowest BCUT2D eigenvalue weighted by Gasteiger charge is -2.09. The summed E-state index contributed by atoms with van der Waals surface area (Å²) in [6.45, 7) is 6.76. The third kappa shape index (κ3) is 8.39. The Balaban J connectivity index is 1.72. The van der Waals surface area contributed by atoms with Crippen LogP contribution in [-0.2, 0) is 19.1 Å². The van der Waals surface area contributed by atoms with Gasteiger partial charge in [-0.3, -0.25) is 4.79 Å². The van der Waals surface area contributed by atoms with E-state index in [-0.39, 0.29) is 5.97 Å². The number of hydrogen-bond acceptors (Lipinski definition) is 6. The van der Waals surface area contributed by atoms with Crippen molar-refractivity contribution in [3.63, 3.8) is 0 Å². The summed E-state index contributed by atoms with van der Waals surface area (Å²) in [5.41, 5.74) is 2.14. The Hall–Kier alpha value is -3.28. The number of ether oxygens (including phenoxy) is 4. The quantitative estimate of drug-likeness (QED) is 0.273. The second-order valence-electron chi connectivity index (χ2n) is 6.40. The van der Waals surface area contributed by atoms with Gasteiger partial charge in [0.05, 0.1) is 26.4 Å². The molecule has 0 amide bonds. The SMILES string of the molecule is C=CC(=O)OCCCOc1ccc(-c2ccc(OCCCOC(=O)CC)cc2)cc1. The first-order chi connectivity index (χ1) is 14.6. The maximum absolute atomic E-state index is 11.1. The second kappa shape index (κ2) is 13.0. The van der Waals surface area contributed by atoms with Crippen molar-refractivity contribution in [1.29, 1.82) is 0 Å². The molecule has 0 aliphatic rings. The zero-order valence-corrected chi connectivity index (χ0v) is 17.3. The van der Waals surface area contributed by atoms with Crippen molar-refractivity contribution in [2.24, 2.45) is 0 Å². The summed E-state index contributed by atoms with van der Waals surface area (Å²) >= 11 is 0.